The molecule has 0 aliphatic carbocycles. The summed E-state index contributed by atoms with van der Waals surface area (Å²) in [5.74, 6) is 0.353. The van der Waals surface area contributed by atoms with Crippen LogP contribution in [0.4, 0.5) is 14.3 Å². The van der Waals surface area contributed by atoms with Gasteiger partial charge in [-0.15, -0.1) is 11.3 Å². The first kappa shape index (κ1) is 18.1. The number of hydrogen-bond donors (Lipinski definition) is 2. The van der Waals surface area contributed by atoms with Gasteiger partial charge in [-0.05, 0) is 24.3 Å². The van der Waals surface area contributed by atoms with Crippen LogP contribution in [-0.4, -0.2) is 32.1 Å². The SMILES string of the molecule is Cn1c(CCNC(=O)Nc2nc(-c3cccnc3)cs2)nc2c(F)cccc21. The maximum atomic E-state index is 13.8. The summed E-state index contributed by atoms with van der Waals surface area (Å²) < 4.78 is 15.7. The van der Waals surface area contributed by atoms with Gasteiger partial charge in [-0.25, -0.2) is 19.2 Å². The zero-order chi connectivity index (χ0) is 19.5. The summed E-state index contributed by atoms with van der Waals surface area (Å²) in [6.07, 6.45) is 3.90. The molecule has 4 rings (SSSR count). The number of aromatic nitrogens is 4. The lowest BCUT2D eigenvalue weighted by Crippen LogP contribution is -2.30. The molecule has 0 aliphatic heterocycles. The number of aryl methyl sites for hydroxylation is 1. The molecule has 0 unspecified atom stereocenters. The Labute approximate surface area is 164 Å². The van der Waals surface area contributed by atoms with Crippen LogP contribution in [0.15, 0.2) is 48.1 Å². The van der Waals surface area contributed by atoms with Gasteiger partial charge in [0.15, 0.2) is 10.9 Å². The second-order valence-corrected chi connectivity index (χ2v) is 6.96. The first-order chi connectivity index (χ1) is 13.6. The molecule has 2 N–H and O–H groups in total. The maximum absolute atomic E-state index is 13.8. The number of urea groups is 1. The lowest BCUT2D eigenvalue weighted by atomic mass is 10.2. The third kappa shape index (κ3) is 3.70. The van der Waals surface area contributed by atoms with Crippen molar-refractivity contribution in [1.82, 2.24) is 24.8 Å². The van der Waals surface area contributed by atoms with Crippen molar-refractivity contribution in [3.63, 3.8) is 0 Å². The van der Waals surface area contributed by atoms with Gasteiger partial charge in [0.2, 0.25) is 0 Å². The molecule has 0 atom stereocenters. The van der Waals surface area contributed by atoms with Crippen LogP contribution in [0.5, 0.6) is 0 Å². The number of thiazole rings is 1. The number of imidazole rings is 1. The predicted octanol–water partition coefficient (Wildman–Crippen LogP) is 3.60. The third-order valence-corrected chi connectivity index (χ3v) is 5.03. The van der Waals surface area contributed by atoms with Crippen molar-refractivity contribution in [3.8, 4) is 11.3 Å². The van der Waals surface area contributed by atoms with E-state index in [0.717, 1.165) is 16.8 Å². The number of rotatable bonds is 5. The highest BCUT2D eigenvalue weighted by Crippen LogP contribution is 2.24. The molecule has 0 bridgehead atoms. The normalized spacial score (nSPS) is 10.9. The minimum absolute atomic E-state index is 0.343. The fraction of sp³-hybridized carbons (Fsp3) is 0.158. The summed E-state index contributed by atoms with van der Waals surface area (Å²) >= 11 is 1.34. The summed E-state index contributed by atoms with van der Waals surface area (Å²) in [6, 6.07) is 8.25. The number of amides is 2. The van der Waals surface area contributed by atoms with Crippen molar-refractivity contribution in [1.29, 1.82) is 0 Å². The van der Waals surface area contributed by atoms with Crippen LogP contribution in [-0.2, 0) is 13.5 Å². The second-order valence-electron chi connectivity index (χ2n) is 6.11. The summed E-state index contributed by atoms with van der Waals surface area (Å²) in [6.45, 7) is 0.367. The van der Waals surface area contributed by atoms with Gasteiger partial charge in [-0.2, -0.15) is 0 Å². The number of nitrogens with zero attached hydrogens (tertiary/aromatic N) is 4. The van der Waals surface area contributed by atoms with Crippen LogP contribution < -0.4 is 10.6 Å². The van der Waals surface area contributed by atoms with Crippen LogP contribution >= 0.6 is 11.3 Å². The van der Waals surface area contributed by atoms with E-state index in [4.69, 9.17) is 0 Å². The average Bonchev–Trinajstić information content (AvgIpc) is 3.29. The first-order valence-electron chi connectivity index (χ1n) is 8.62. The Kier molecular flexibility index (Phi) is 4.98. The highest BCUT2D eigenvalue weighted by molar-refractivity contribution is 7.14. The summed E-state index contributed by atoms with van der Waals surface area (Å²) in [4.78, 5) is 24.9. The molecular weight excluding hydrogens is 379 g/mol. The van der Waals surface area contributed by atoms with E-state index < -0.39 is 0 Å². The molecular formula is C19H17FN6OS. The molecule has 9 heteroatoms. The van der Waals surface area contributed by atoms with Crippen molar-refractivity contribution in [2.24, 2.45) is 7.05 Å². The van der Waals surface area contributed by atoms with Crippen LogP contribution in [0.3, 0.4) is 0 Å². The van der Waals surface area contributed by atoms with E-state index in [-0.39, 0.29) is 11.8 Å². The molecule has 4 aromatic rings. The Morgan fingerprint density at radius 1 is 1.25 bits per heavy atom. The quantitative estimate of drug-likeness (QED) is 0.540. The van der Waals surface area contributed by atoms with Gasteiger partial charge in [-0.1, -0.05) is 6.07 Å². The van der Waals surface area contributed by atoms with Crippen molar-refractivity contribution < 1.29 is 9.18 Å². The first-order valence-corrected chi connectivity index (χ1v) is 9.50. The van der Waals surface area contributed by atoms with Crippen LogP contribution in [0.1, 0.15) is 5.82 Å². The smallest absolute Gasteiger partial charge is 0.321 e. The Bertz CT molecular complexity index is 1120. The molecule has 2 amide bonds. The Hall–Kier alpha value is -3.33. The zero-order valence-electron chi connectivity index (χ0n) is 15.0. The van der Waals surface area contributed by atoms with E-state index in [9.17, 15) is 9.18 Å². The van der Waals surface area contributed by atoms with Crippen LogP contribution in [0.25, 0.3) is 22.3 Å². The average molecular weight is 396 g/mol. The topological polar surface area (TPSA) is 84.7 Å². The fourth-order valence-electron chi connectivity index (χ4n) is 2.86. The molecule has 0 radical (unpaired) electrons. The number of fused-ring (bicyclic) bond motifs is 1. The number of carbonyl (C=O) groups excluding carboxylic acids is 1. The number of hydrogen-bond acceptors (Lipinski definition) is 5. The van der Waals surface area contributed by atoms with E-state index in [0.29, 0.717) is 29.4 Å². The molecule has 3 aromatic heterocycles. The summed E-state index contributed by atoms with van der Waals surface area (Å²) in [5.41, 5.74) is 2.72. The lowest BCUT2D eigenvalue weighted by Gasteiger charge is -2.05. The van der Waals surface area contributed by atoms with Crippen molar-refractivity contribution in [3.05, 3.63) is 59.7 Å². The van der Waals surface area contributed by atoms with Crippen molar-refractivity contribution in [2.75, 3.05) is 11.9 Å². The predicted molar refractivity (Wildman–Crippen MR) is 107 cm³/mol. The molecule has 3 heterocycles. The van der Waals surface area contributed by atoms with Crippen molar-refractivity contribution in [2.45, 2.75) is 6.42 Å². The van der Waals surface area contributed by atoms with E-state index in [2.05, 4.69) is 25.6 Å². The Morgan fingerprint density at radius 3 is 2.93 bits per heavy atom. The van der Waals surface area contributed by atoms with E-state index >= 15 is 0 Å². The minimum Gasteiger partial charge on any atom is -0.337 e. The highest BCUT2D eigenvalue weighted by Gasteiger charge is 2.12. The van der Waals surface area contributed by atoms with E-state index in [1.165, 1.54) is 17.4 Å². The monoisotopic (exact) mass is 396 g/mol. The van der Waals surface area contributed by atoms with Gasteiger partial charge in [0.1, 0.15) is 11.3 Å². The van der Waals surface area contributed by atoms with Gasteiger partial charge < -0.3 is 9.88 Å². The van der Waals surface area contributed by atoms with Gasteiger partial charge in [-0.3, -0.25) is 10.3 Å². The van der Waals surface area contributed by atoms with Crippen LogP contribution in [0, 0.1) is 5.82 Å². The van der Waals surface area contributed by atoms with Gasteiger partial charge in [0.25, 0.3) is 0 Å². The van der Waals surface area contributed by atoms with Crippen LogP contribution in [0.2, 0.25) is 0 Å². The van der Waals surface area contributed by atoms with E-state index in [1.807, 2.05) is 35.2 Å². The maximum Gasteiger partial charge on any atom is 0.321 e. The number of pyridine rings is 1. The minimum atomic E-state index is -0.350. The largest absolute Gasteiger partial charge is 0.337 e. The summed E-state index contributed by atoms with van der Waals surface area (Å²) in [7, 11) is 1.83. The number of nitrogens with one attached hydrogen (secondary N) is 2. The number of carbonyl (C=O) groups is 1. The molecule has 7 nitrogen and oxygen atoms in total. The lowest BCUT2D eigenvalue weighted by molar-refractivity contribution is 0.252. The third-order valence-electron chi connectivity index (χ3n) is 4.27. The number of halogens is 1. The standard InChI is InChI=1S/C19H17FN6OS/c1-26-15-6-2-5-13(20)17(15)24-16(26)7-9-22-18(27)25-19-23-14(11-28-19)12-4-3-8-21-10-12/h2-6,8,10-11H,7,9H2,1H3,(H2,22,23,25,27). The number of anilines is 1. The summed E-state index contributed by atoms with van der Waals surface area (Å²) in [5, 5.41) is 7.85. The Balaban J connectivity index is 1.34. The molecule has 0 spiro atoms. The van der Waals surface area contributed by atoms with Gasteiger partial charge in [0, 0.05) is 43.4 Å². The number of benzene rings is 1. The van der Waals surface area contributed by atoms with Gasteiger partial charge >= 0.3 is 6.03 Å². The molecule has 1 aromatic carbocycles. The molecule has 142 valence electrons. The van der Waals surface area contributed by atoms with Gasteiger partial charge in [0.05, 0.1) is 11.2 Å². The number of para-hydroxylation sites is 1. The fourth-order valence-corrected chi connectivity index (χ4v) is 3.57. The zero-order valence-corrected chi connectivity index (χ0v) is 15.8. The Morgan fingerprint density at radius 2 is 2.14 bits per heavy atom. The highest BCUT2D eigenvalue weighted by atomic mass is 32.1. The molecule has 0 fully saturated rings. The van der Waals surface area contributed by atoms with Crippen molar-refractivity contribution >= 4 is 33.5 Å². The molecule has 28 heavy (non-hydrogen) atoms. The second kappa shape index (κ2) is 7.73. The molecule has 0 aliphatic rings. The molecule has 0 saturated carbocycles. The molecule has 0 saturated heterocycles. The van der Waals surface area contributed by atoms with E-state index in [1.54, 1.807) is 18.5 Å².